The fourth-order valence-electron chi connectivity index (χ4n) is 3.58. The van der Waals surface area contributed by atoms with Gasteiger partial charge >= 0.3 is 0 Å². The molecular formula is C16H22BrFN2. The summed E-state index contributed by atoms with van der Waals surface area (Å²) in [5, 5.41) is 3.67. The smallest absolute Gasteiger partial charge is 0.125 e. The first-order chi connectivity index (χ1) is 9.74. The van der Waals surface area contributed by atoms with E-state index in [-0.39, 0.29) is 5.82 Å². The third kappa shape index (κ3) is 3.17. The lowest BCUT2D eigenvalue weighted by Crippen LogP contribution is -2.54. The minimum Gasteiger partial charge on any atom is -0.368 e. The molecule has 110 valence electrons. The highest BCUT2D eigenvalue weighted by molar-refractivity contribution is 9.10. The van der Waals surface area contributed by atoms with Gasteiger partial charge in [-0.2, -0.15) is 0 Å². The van der Waals surface area contributed by atoms with Crippen molar-refractivity contribution in [2.75, 3.05) is 24.5 Å². The van der Waals surface area contributed by atoms with Crippen LogP contribution in [0.15, 0.2) is 22.7 Å². The van der Waals surface area contributed by atoms with Gasteiger partial charge in [0.15, 0.2) is 0 Å². The lowest BCUT2D eigenvalue weighted by Gasteiger charge is -2.40. The molecule has 4 heteroatoms. The van der Waals surface area contributed by atoms with Crippen LogP contribution in [-0.4, -0.2) is 25.7 Å². The fraction of sp³-hybridized carbons (Fsp3) is 0.625. The molecule has 1 atom stereocenters. The van der Waals surface area contributed by atoms with Crippen molar-refractivity contribution in [1.82, 2.24) is 5.32 Å². The Morgan fingerprint density at radius 1 is 1.20 bits per heavy atom. The molecule has 1 unspecified atom stereocenters. The number of nitrogens with one attached hydrogen (secondary N) is 1. The average Bonchev–Trinajstić information content (AvgIpc) is 2.51. The molecule has 0 aromatic heterocycles. The van der Waals surface area contributed by atoms with Crippen molar-refractivity contribution in [3.63, 3.8) is 0 Å². The topological polar surface area (TPSA) is 15.3 Å². The maximum absolute atomic E-state index is 13.5. The number of rotatable bonds is 2. The zero-order valence-electron chi connectivity index (χ0n) is 11.7. The van der Waals surface area contributed by atoms with Gasteiger partial charge in [-0.3, -0.25) is 0 Å². The molecule has 1 heterocycles. The molecule has 1 saturated heterocycles. The Hall–Kier alpha value is -0.610. The summed E-state index contributed by atoms with van der Waals surface area (Å²) in [5.74, 6) is 0.634. The van der Waals surface area contributed by atoms with Gasteiger partial charge < -0.3 is 10.2 Å². The van der Waals surface area contributed by atoms with Gasteiger partial charge in [0.1, 0.15) is 5.82 Å². The molecule has 2 aliphatic rings. The van der Waals surface area contributed by atoms with Crippen molar-refractivity contribution in [1.29, 1.82) is 0 Å². The first-order valence-electron chi connectivity index (χ1n) is 7.67. The second-order valence-corrected chi connectivity index (χ2v) is 6.85. The van der Waals surface area contributed by atoms with Crippen molar-refractivity contribution < 1.29 is 4.39 Å². The SMILES string of the molecule is Fc1ccc(Br)c(N2CCNC(C3CCCCC3)C2)c1. The number of nitrogens with zero attached hydrogens (tertiary/aromatic N) is 1. The van der Waals surface area contributed by atoms with Gasteiger partial charge in [-0.1, -0.05) is 19.3 Å². The van der Waals surface area contributed by atoms with Crippen LogP contribution < -0.4 is 10.2 Å². The Morgan fingerprint density at radius 3 is 2.80 bits per heavy atom. The predicted octanol–water partition coefficient (Wildman–Crippen LogP) is 3.95. The van der Waals surface area contributed by atoms with Crippen LogP contribution >= 0.6 is 15.9 Å². The highest BCUT2D eigenvalue weighted by Gasteiger charge is 2.28. The average molecular weight is 341 g/mol. The van der Waals surface area contributed by atoms with Crippen LogP contribution in [0.2, 0.25) is 0 Å². The van der Waals surface area contributed by atoms with Crippen LogP contribution in [0.3, 0.4) is 0 Å². The normalized spacial score (nSPS) is 24.9. The number of hydrogen-bond donors (Lipinski definition) is 1. The van der Waals surface area contributed by atoms with E-state index in [1.807, 2.05) is 6.07 Å². The molecule has 0 bridgehead atoms. The minimum atomic E-state index is -0.157. The molecule has 0 radical (unpaired) electrons. The second kappa shape index (κ2) is 6.44. The molecule has 1 saturated carbocycles. The third-order valence-electron chi connectivity index (χ3n) is 4.67. The van der Waals surface area contributed by atoms with Crippen LogP contribution in [0.5, 0.6) is 0 Å². The lowest BCUT2D eigenvalue weighted by molar-refractivity contribution is 0.257. The predicted molar refractivity (Wildman–Crippen MR) is 84.7 cm³/mol. The Balaban J connectivity index is 1.72. The number of benzene rings is 1. The van der Waals surface area contributed by atoms with Crippen LogP contribution in [-0.2, 0) is 0 Å². The quantitative estimate of drug-likeness (QED) is 0.876. The minimum absolute atomic E-state index is 0.157. The number of halogens is 2. The highest BCUT2D eigenvalue weighted by atomic mass is 79.9. The van der Waals surface area contributed by atoms with E-state index in [9.17, 15) is 4.39 Å². The van der Waals surface area contributed by atoms with Crippen LogP contribution in [0.1, 0.15) is 32.1 Å². The summed E-state index contributed by atoms with van der Waals surface area (Å²) < 4.78 is 14.5. The molecule has 0 spiro atoms. The molecule has 2 fully saturated rings. The van der Waals surface area contributed by atoms with Crippen molar-refractivity contribution in [3.8, 4) is 0 Å². The standard InChI is InChI=1S/C16H22BrFN2/c17-14-7-6-13(18)10-16(14)20-9-8-19-15(11-20)12-4-2-1-3-5-12/h6-7,10,12,15,19H,1-5,8-9,11H2. The lowest BCUT2D eigenvalue weighted by atomic mass is 9.83. The monoisotopic (exact) mass is 340 g/mol. The van der Waals surface area contributed by atoms with E-state index in [1.54, 1.807) is 6.07 Å². The summed E-state index contributed by atoms with van der Waals surface area (Å²) in [7, 11) is 0. The molecule has 1 aliphatic carbocycles. The van der Waals surface area contributed by atoms with Crippen LogP contribution in [0.25, 0.3) is 0 Å². The number of anilines is 1. The summed E-state index contributed by atoms with van der Waals surface area (Å²) in [6, 6.07) is 5.52. The van der Waals surface area contributed by atoms with Gasteiger partial charge in [0.05, 0.1) is 5.69 Å². The van der Waals surface area contributed by atoms with E-state index in [1.165, 1.54) is 38.2 Å². The van der Waals surface area contributed by atoms with Gasteiger partial charge in [0, 0.05) is 30.1 Å². The van der Waals surface area contributed by atoms with E-state index in [2.05, 4.69) is 26.1 Å². The van der Waals surface area contributed by atoms with E-state index in [0.717, 1.165) is 35.7 Å². The first-order valence-corrected chi connectivity index (χ1v) is 8.47. The molecule has 1 aromatic carbocycles. The molecule has 1 N–H and O–H groups in total. The Labute approximate surface area is 128 Å². The van der Waals surface area contributed by atoms with Crippen molar-refractivity contribution >= 4 is 21.6 Å². The van der Waals surface area contributed by atoms with Gasteiger partial charge in [-0.15, -0.1) is 0 Å². The fourth-order valence-corrected chi connectivity index (χ4v) is 4.07. The molecule has 0 amide bonds. The Bertz CT molecular complexity index is 460. The molecule has 2 nitrogen and oxygen atoms in total. The van der Waals surface area contributed by atoms with E-state index >= 15 is 0 Å². The van der Waals surface area contributed by atoms with E-state index in [0.29, 0.717) is 6.04 Å². The van der Waals surface area contributed by atoms with Gasteiger partial charge in [-0.05, 0) is 52.9 Å². The molecule has 3 rings (SSSR count). The van der Waals surface area contributed by atoms with Gasteiger partial charge in [0.2, 0.25) is 0 Å². The van der Waals surface area contributed by atoms with Crippen molar-refractivity contribution in [2.24, 2.45) is 5.92 Å². The molecular weight excluding hydrogens is 319 g/mol. The second-order valence-electron chi connectivity index (χ2n) is 6.00. The maximum Gasteiger partial charge on any atom is 0.125 e. The summed E-state index contributed by atoms with van der Waals surface area (Å²) >= 11 is 3.55. The Morgan fingerprint density at radius 2 is 2.00 bits per heavy atom. The Kier molecular flexibility index (Phi) is 4.61. The first kappa shape index (κ1) is 14.3. The van der Waals surface area contributed by atoms with E-state index in [4.69, 9.17) is 0 Å². The van der Waals surface area contributed by atoms with Crippen molar-refractivity contribution in [2.45, 2.75) is 38.1 Å². The summed E-state index contributed by atoms with van der Waals surface area (Å²) in [6.45, 7) is 2.93. The van der Waals surface area contributed by atoms with Gasteiger partial charge in [0.25, 0.3) is 0 Å². The van der Waals surface area contributed by atoms with Crippen LogP contribution in [0, 0.1) is 11.7 Å². The zero-order valence-corrected chi connectivity index (χ0v) is 13.3. The molecule has 1 aliphatic heterocycles. The zero-order chi connectivity index (χ0) is 13.9. The van der Waals surface area contributed by atoms with Crippen LogP contribution in [0.4, 0.5) is 10.1 Å². The summed E-state index contributed by atoms with van der Waals surface area (Å²) in [4.78, 5) is 2.32. The maximum atomic E-state index is 13.5. The van der Waals surface area contributed by atoms with E-state index < -0.39 is 0 Å². The summed E-state index contributed by atoms with van der Waals surface area (Å²) in [6.07, 6.45) is 6.81. The number of piperazine rings is 1. The molecule has 1 aromatic rings. The summed E-state index contributed by atoms with van der Waals surface area (Å²) in [5.41, 5.74) is 0.993. The third-order valence-corrected chi connectivity index (χ3v) is 5.34. The number of hydrogen-bond acceptors (Lipinski definition) is 2. The molecule has 20 heavy (non-hydrogen) atoms. The van der Waals surface area contributed by atoms with Gasteiger partial charge in [-0.25, -0.2) is 4.39 Å². The van der Waals surface area contributed by atoms with Crippen molar-refractivity contribution in [3.05, 3.63) is 28.5 Å². The largest absolute Gasteiger partial charge is 0.368 e. The highest BCUT2D eigenvalue weighted by Crippen LogP contribution is 2.31.